The lowest BCUT2D eigenvalue weighted by Gasteiger charge is -2.06. The minimum Gasteiger partial charge on any atom is -0.280 e. The van der Waals surface area contributed by atoms with Gasteiger partial charge in [0.15, 0.2) is 5.16 Å². The molecule has 0 aliphatic heterocycles. The lowest BCUT2D eigenvalue weighted by Crippen LogP contribution is -2.20. The first kappa shape index (κ1) is 12.3. The molecular weight excluding hydrogens is 284 g/mol. The molecule has 0 aliphatic rings. The fourth-order valence-electron chi connectivity index (χ4n) is 1.83. The molecular formula is C12H9ClN4OS. The molecule has 19 heavy (non-hydrogen) atoms. The number of benzene rings is 1. The van der Waals surface area contributed by atoms with E-state index in [2.05, 4.69) is 10.2 Å². The fourth-order valence-corrected chi connectivity index (χ4v) is 2.49. The quantitative estimate of drug-likeness (QED) is 0.680. The third-order valence-corrected chi connectivity index (χ3v) is 3.59. The minimum atomic E-state index is -0.224. The van der Waals surface area contributed by atoms with E-state index in [1.54, 1.807) is 35.0 Å². The van der Waals surface area contributed by atoms with E-state index in [1.165, 1.54) is 16.3 Å². The van der Waals surface area contributed by atoms with E-state index in [9.17, 15) is 4.79 Å². The third-order valence-electron chi connectivity index (χ3n) is 2.71. The van der Waals surface area contributed by atoms with E-state index in [1.807, 2.05) is 12.3 Å². The minimum absolute atomic E-state index is 0.224. The summed E-state index contributed by atoms with van der Waals surface area (Å²) in [6, 6.07) is 7.10. The van der Waals surface area contributed by atoms with Gasteiger partial charge in [0.2, 0.25) is 5.65 Å². The van der Waals surface area contributed by atoms with Crippen molar-refractivity contribution in [3.8, 4) is 5.69 Å². The van der Waals surface area contributed by atoms with Gasteiger partial charge in [0.05, 0.1) is 5.69 Å². The molecule has 0 spiro atoms. The van der Waals surface area contributed by atoms with E-state index in [0.717, 1.165) is 0 Å². The summed E-state index contributed by atoms with van der Waals surface area (Å²) in [5, 5.41) is 9.15. The standard InChI is InChI=1S/C12H9ClN4OS/c1-19-12-15-14-10-11(18)16(5-6-17(10)12)9-4-2-3-8(13)7-9/h2-7H,1H3. The molecule has 3 rings (SSSR count). The van der Waals surface area contributed by atoms with Gasteiger partial charge in [0.25, 0.3) is 0 Å². The molecule has 0 atom stereocenters. The highest BCUT2D eigenvalue weighted by Crippen LogP contribution is 2.15. The zero-order valence-electron chi connectivity index (χ0n) is 9.95. The highest BCUT2D eigenvalue weighted by molar-refractivity contribution is 7.98. The van der Waals surface area contributed by atoms with Crippen LogP contribution in [0.5, 0.6) is 0 Å². The first-order chi connectivity index (χ1) is 9.20. The zero-order chi connectivity index (χ0) is 13.4. The van der Waals surface area contributed by atoms with Crippen LogP contribution in [-0.4, -0.2) is 25.4 Å². The van der Waals surface area contributed by atoms with Crippen LogP contribution < -0.4 is 5.56 Å². The molecule has 2 aromatic heterocycles. The van der Waals surface area contributed by atoms with Gasteiger partial charge < -0.3 is 0 Å². The maximum Gasteiger partial charge on any atom is 0.300 e. The smallest absolute Gasteiger partial charge is 0.280 e. The monoisotopic (exact) mass is 292 g/mol. The van der Waals surface area contributed by atoms with Gasteiger partial charge in [-0.25, -0.2) is 0 Å². The van der Waals surface area contributed by atoms with Crippen molar-refractivity contribution >= 4 is 29.0 Å². The Hall–Kier alpha value is -1.79. The van der Waals surface area contributed by atoms with Gasteiger partial charge in [-0.05, 0) is 24.5 Å². The number of halogens is 1. The number of thioether (sulfide) groups is 1. The van der Waals surface area contributed by atoms with E-state index in [-0.39, 0.29) is 5.56 Å². The molecule has 1 aromatic carbocycles. The Morgan fingerprint density at radius 2 is 2.11 bits per heavy atom. The van der Waals surface area contributed by atoms with Crippen molar-refractivity contribution in [3.05, 3.63) is 52.0 Å². The maximum atomic E-state index is 12.4. The SMILES string of the molecule is CSc1nnc2c(=O)n(-c3cccc(Cl)c3)ccn12. The number of aromatic nitrogens is 4. The van der Waals surface area contributed by atoms with E-state index in [0.29, 0.717) is 21.5 Å². The molecule has 0 bridgehead atoms. The number of nitrogens with zero attached hydrogens (tertiary/aromatic N) is 4. The summed E-state index contributed by atoms with van der Waals surface area (Å²) in [6.07, 6.45) is 5.34. The summed E-state index contributed by atoms with van der Waals surface area (Å²) >= 11 is 7.38. The van der Waals surface area contributed by atoms with Crippen LogP contribution in [-0.2, 0) is 0 Å². The Labute approximate surface area is 117 Å². The van der Waals surface area contributed by atoms with E-state index >= 15 is 0 Å². The summed E-state index contributed by atoms with van der Waals surface area (Å²) in [7, 11) is 0. The molecule has 0 N–H and O–H groups in total. The van der Waals surface area contributed by atoms with Gasteiger partial charge in [-0.1, -0.05) is 29.4 Å². The van der Waals surface area contributed by atoms with Crippen molar-refractivity contribution < 1.29 is 0 Å². The lowest BCUT2D eigenvalue weighted by molar-refractivity contribution is 0.895. The number of hydrogen-bond acceptors (Lipinski definition) is 4. The van der Waals surface area contributed by atoms with Gasteiger partial charge in [-0.15, -0.1) is 10.2 Å². The normalized spacial score (nSPS) is 11.1. The topological polar surface area (TPSA) is 52.2 Å². The molecule has 0 fully saturated rings. The summed E-state index contributed by atoms with van der Waals surface area (Å²) < 4.78 is 3.17. The molecule has 3 aromatic rings. The predicted molar refractivity (Wildman–Crippen MR) is 75.4 cm³/mol. The molecule has 0 amide bonds. The first-order valence-electron chi connectivity index (χ1n) is 5.47. The van der Waals surface area contributed by atoms with Crippen LogP contribution in [0.25, 0.3) is 11.3 Å². The fraction of sp³-hybridized carbons (Fsp3) is 0.0833. The van der Waals surface area contributed by atoms with Crippen LogP contribution in [0.1, 0.15) is 0 Å². The van der Waals surface area contributed by atoms with Crippen molar-refractivity contribution in [2.75, 3.05) is 6.26 Å². The Morgan fingerprint density at radius 1 is 1.26 bits per heavy atom. The van der Waals surface area contributed by atoms with Gasteiger partial charge in [-0.3, -0.25) is 13.8 Å². The van der Waals surface area contributed by atoms with Gasteiger partial charge in [0.1, 0.15) is 0 Å². The molecule has 0 radical (unpaired) electrons. The second-order valence-electron chi connectivity index (χ2n) is 3.83. The Morgan fingerprint density at radius 3 is 2.84 bits per heavy atom. The van der Waals surface area contributed by atoms with Crippen LogP contribution in [0.4, 0.5) is 0 Å². The zero-order valence-corrected chi connectivity index (χ0v) is 11.5. The van der Waals surface area contributed by atoms with Crippen LogP contribution in [0.15, 0.2) is 46.6 Å². The summed E-state index contributed by atoms with van der Waals surface area (Å²) in [6.45, 7) is 0. The predicted octanol–water partition coefficient (Wildman–Crippen LogP) is 2.26. The Bertz CT molecular complexity index is 811. The second-order valence-corrected chi connectivity index (χ2v) is 5.04. The molecule has 0 saturated heterocycles. The van der Waals surface area contributed by atoms with Crippen molar-refractivity contribution in [1.29, 1.82) is 0 Å². The van der Waals surface area contributed by atoms with Gasteiger partial charge >= 0.3 is 5.56 Å². The Kier molecular flexibility index (Phi) is 3.04. The van der Waals surface area contributed by atoms with Gasteiger partial charge in [-0.2, -0.15) is 0 Å². The summed E-state index contributed by atoms with van der Waals surface area (Å²) in [5.74, 6) is 0. The van der Waals surface area contributed by atoms with Crippen LogP contribution in [0.3, 0.4) is 0 Å². The second kappa shape index (κ2) is 4.71. The highest BCUT2D eigenvalue weighted by Gasteiger charge is 2.10. The molecule has 2 heterocycles. The lowest BCUT2D eigenvalue weighted by atomic mass is 10.3. The van der Waals surface area contributed by atoms with Crippen molar-refractivity contribution in [2.45, 2.75) is 5.16 Å². The average molecular weight is 293 g/mol. The molecule has 0 aliphatic carbocycles. The highest BCUT2D eigenvalue weighted by atomic mass is 35.5. The van der Waals surface area contributed by atoms with E-state index < -0.39 is 0 Å². The van der Waals surface area contributed by atoms with Gasteiger partial charge in [0, 0.05) is 17.4 Å². The summed E-state index contributed by atoms with van der Waals surface area (Å²) in [5.41, 5.74) is 0.776. The van der Waals surface area contributed by atoms with Crippen LogP contribution >= 0.6 is 23.4 Å². The van der Waals surface area contributed by atoms with Crippen LogP contribution in [0, 0.1) is 0 Å². The van der Waals surface area contributed by atoms with Crippen molar-refractivity contribution in [3.63, 3.8) is 0 Å². The molecule has 0 saturated carbocycles. The maximum absolute atomic E-state index is 12.4. The molecule has 96 valence electrons. The molecule has 7 heteroatoms. The van der Waals surface area contributed by atoms with Crippen molar-refractivity contribution in [1.82, 2.24) is 19.2 Å². The number of hydrogen-bond donors (Lipinski definition) is 0. The molecule has 5 nitrogen and oxygen atoms in total. The van der Waals surface area contributed by atoms with Crippen LogP contribution in [0.2, 0.25) is 5.02 Å². The van der Waals surface area contributed by atoms with E-state index in [4.69, 9.17) is 11.6 Å². The molecule has 0 unspecified atom stereocenters. The first-order valence-corrected chi connectivity index (χ1v) is 7.07. The Balaban J connectivity index is 2.27. The summed E-state index contributed by atoms with van der Waals surface area (Å²) in [4.78, 5) is 12.4. The number of rotatable bonds is 2. The van der Waals surface area contributed by atoms with Crippen molar-refractivity contribution in [2.24, 2.45) is 0 Å². The third kappa shape index (κ3) is 2.02. The number of fused-ring (bicyclic) bond motifs is 1. The average Bonchev–Trinajstić information content (AvgIpc) is 2.83. The largest absolute Gasteiger partial charge is 0.300 e.